The Morgan fingerprint density at radius 1 is 1.00 bits per heavy atom. The lowest BCUT2D eigenvalue weighted by atomic mass is 10.1. The molecule has 2 rings (SSSR count). The minimum Gasteiger partial charge on any atom is -0.493 e. The molecule has 6 heteroatoms. The molecule has 0 atom stereocenters. The predicted octanol–water partition coefficient (Wildman–Crippen LogP) is 2.98. The molecule has 26 heavy (non-hydrogen) atoms. The lowest BCUT2D eigenvalue weighted by Crippen LogP contribution is -2.28. The van der Waals surface area contributed by atoms with Crippen molar-refractivity contribution in [1.82, 2.24) is 5.32 Å². The number of carbonyl (C=O) groups is 2. The van der Waals surface area contributed by atoms with Crippen LogP contribution in [0.15, 0.2) is 48.5 Å². The number of carbonyl (C=O) groups excluding carboxylic acids is 2. The van der Waals surface area contributed by atoms with Crippen LogP contribution >= 0.6 is 0 Å². The SMILES string of the molecule is COc1ccccc1OCC(=O)NCc1ccc(NC(=O)C(C)C)cc1. The van der Waals surface area contributed by atoms with Crippen LogP contribution in [0.1, 0.15) is 19.4 Å². The van der Waals surface area contributed by atoms with Gasteiger partial charge in [-0.1, -0.05) is 38.1 Å². The first kappa shape index (κ1) is 19.3. The quantitative estimate of drug-likeness (QED) is 0.762. The zero-order valence-corrected chi connectivity index (χ0v) is 15.2. The number of anilines is 1. The van der Waals surface area contributed by atoms with Crippen LogP contribution in [0.4, 0.5) is 5.69 Å². The first-order valence-electron chi connectivity index (χ1n) is 8.42. The van der Waals surface area contributed by atoms with Crippen molar-refractivity contribution in [3.8, 4) is 11.5 Å². The third-order valence-electron chi connectivity index (χ3n) is 3.66. The standard InChI is InChI=1S/C20H24N2O4/c1-14(2)20(24)22-16-10-8-15(9-11-16)12-21-19(23)13-26-18-7-5-4-6-17(18)25-3/h4-11,14H,12-13H2,1-3H3,(H,21,23)(H,22,24). The Kier molecular flexibility index (Phi) is 7.02. The van der Waals surface area contributed by atoms with Crippen molar-refractivity contribution in [2.75, 3.05) is 19.0 Å². The summed E-state index contributed by atoms with van der Waals surface area (Å²) in [5, 5.41) is 5.62. The van der Waals surface area contributed by atoms with Gasteiger partial charge < -0.3 is 20.1 Å². The molecule has 0 spiro atoms. The van der Waals surface area contributed by atoms with Crippen molar-refractivity contribution in [3.63, 3.8) is 0 Å². The van der Waals surface area contributed by atoms with E-state index in [0.29, 0.717) is 18.0 Å². The average Bonchev–Trinajstić information content (AvgIpc) is 2.65. The molecule has 0 aliphatic carbocycles. The number of hydrogen-bond acceptors (Lipinski definition) is 4. The van der Waals surface area contributed by atoms with Gasteiger partial charge in [0, 0.05) is 18.2 Å². The van der Waals surface area contributed by atoms with Gasteiger partial charge in [0.1, 0.15) is 0 Å². The van der Waals surface area contributed by atoms with Gasteiger partial charge >= 0.3 is 0 Å². The van der Waals surface area contributed by atoms with Crippen molar-refractivity contribution >= 4 is 17.5 Å². The van der Waals surface area contributed by atoms with Gasteiger partial charge in [-0.3, -0.25) is 9.59 Å². The van der Waals surface area contributed by atoms with Crippen molar-refractivity contribution in [2.24, 2.45) is 5.92 Å². The van der Waals surface area contributed by atoms with E-state index in [4.69, 9.17) is 9.47 Å². The van der Waals surface area contributed by atoms with E-state index in [-0.39, 0.29) is 24.3 Å². The lowest BCUT2D eigenvalue weighted by molar-refractivity contribution is -0.123. The lowest BCUT2D eigenvalue weighted by Gasteiger charge is -2.11. The Balaban J connectivity index is 1.79. The van der Waals surface area contributed by atoms with Gasteiger partial charge in [0.25, 0.3) is 5.91 Å². The van der Waals surface area contributed by atoms with Crippen molar-refractivity contribution in [1.29, 1.82) is 0 Å². The smallest absolute Gasteiger partial charge is 0.258 e. The summed E-state index contributed by atoms with van der Waals surface area (Å²) >= 11 is 0. The number of rotatable bonds is 8. The highest BCUT2D eigenvalue weighted by Gasteiger charge is 2.08. The maximum Gasteiger partial charge on any atom is 0.258 e. The van der Waals surface area contributed by atoms with Crippen LogP contribution in [0.3, 0.4) is 0 Å². The molecule has 2 N–H and O–H groups in total. The second-order valence-corrected chi connectivity index (χ2v) is 6.06. The highest BCUT2D eigenvalue weighted by molar-refractivity contribution is 5.92. The van der Waals surface area contributed by atoms with Crippen molar-refractivity contribution in [3.05, 3.63) is 54.1 Å². The largest absolute Gasteiger partial charge is 0.493 e. The summed E-state index contributed by atoms with van der Waals surface area (Å²) in [6.07, 6.45) is 0. The highest BCUT2D eigenvalue weighted by Crippen LogP contribution is 2.25. The molecule has 2 aromatic carbocycles. The predicted molar refractivity (Wildman–Crippen MR) is 100 cm³/mol. The molecule has 2 amide bonds. The van der Waals surface area contributed by atoms with E-state index in [2.05, 4.69) is 10.6 Å². The number of benzene rings is 2. The Morgan fingerprint density at radius 2 is 1.65 bits per heavy atom. The number of methoxy groups -OCH3 is 1. The fourth-order valence-electron chi connectivity index (χ4n) is 2.13. The Morgan fingerprint density at radius 3 is 2.27 bits per heavy atom. The number of nitrogens with one attached hydrogen (secondary N) is 2. The Hall–Kier alpha value is -3.02. The van der Waals surface area contributed by atoms with Gasteiger partial charge in [-0.15, -0.1) is 0 Å². The molecular formula is C20H24N2O4. The van der Waals surface area contributed by atoms with Crippen LogP contribution in [0.25, 0.3) is 0 Å². The molecule has 6 nitrogen and oxygen atoms in total. The minimum absolute atomic E-state index is 0.0282. The van der Waals surface area contributed by atoms with Crippen molar-refractivity contribution < 1.29 is 19.1 Å². The average molecular weight is 356 g/mol. The van der Waals surface area contributed by atoms with E-state index in [1.165, 1.54) is 0 Å². The summed E-state index contributed by atoms with van der Waals surface area (Å²) in [5.41, 5.74) is 1.66. The summed E-state index contributed by atoms with van der Waals surface area (Å²) < 4.78 is 10.7. The van der Waals surface area contributed by atoms with Gasteiger partial charge in [-0.25, -0.2) is 0 Å². The molecule has 0 radical (unpaired) electrons. The minimum atomic E-state index is -0.229. The second-order valence-electron chi connectivity index (χ2n) is 6.06. The van der Waals surface area contributed by atoms with Gasteiger partial charge in [0.05, 0.1) is 7.11 Å². The molecule has 0 bridgehead atoms. The Labute approximate surface area is 153 Å². The van der Waals surface area contributed by atoms with E-state index in [9.17, 15) is 9.59 Å². The van der Waals surface area contributed by atoms with E-state index in [1.807, 2.05) is 50.2 Å². The van der Waals surface area contributed by atoms with Crippen LogP contribution < -0.4 is 20.1 Å². The third kappa shape index (κ3) is 5.81. The topological polar surface area (TPSA) is 76.7 Å². The maximum absolute atomic E-state index is 11.9. The molecule has 138 valence electrons. The van der Waals surface area contributed by atoms with E-state index in [0.717, 1.165) is 11.3 Å². The van der Waals surface area contributed by atoms with Gasteiger partial charge in [0.2, 0.25) is 5.91 Å². The molecule has 2 aromatic rings. The molecule has 0 unspecified atom stereocenters. The normalized spacial score (nSPS) is 10.3. The second kappa shape index (κ2) is 9.46. The number of amides is 2. The van der Waals surface area contributed by atoms with E-state index >= 15 is 0 Å². The maximum atomic E-state index is 11.9. The zero-order valence-electron chi connectivity index (χ0n) is 15.2. The number of ether oxygens (including phenoxy) is 2. The van der Waals surface area contributed by atoms with Gasteiger partial charge in [-0.05, 0) is 29.8 Å². The fraction of sp³-hybridized carbons (Fsp3) is 0.300. The van der Waals surface area contributed by atoms with E-state index in [1.54, 1.807) is 19.2 Å². The van der Waals surface area contributed by atoms with Crippen LogP contribution in [0, 0.1) is 5.92 Å². The van der Waals surface area contributed by atoms with Crippen LogP contribution in [-0.2, 0) is 16.1 Å². The third-order valence-corrected chi connectivity index (χ3v) is 3.66. The number of hydrogen-bond donors (Lipinski definition) is 2. The van der Waals surface area contributed by atoms with Crippen LogP contribution in [0.2, 0.25) is 0 Å². The first-order chi connectivity index (χ1) is 12.5. The van der Waals surface area contributed by atoms with E-state index < -0.39 is 0 Å². The van der Waals surface area contributed by atoms with Crippen molar-refractivity contribution in [2.45, 2.75) is 20.4 Å². The molecule has 0 saturated heterocycles. The molecular weight excluding hydrogens is 332 g/mol. The monoisotopic (exact) mass is 356 g/mol. The highest BCUT2D eigenvalue weighted by atomic mass is 16.5. The van der Waals surface area contributed by atoms with Crippen LogP contribution in [0.5, 0.6) is 11.5 Å². The summed E-state index contributed by atoms with van der Waals surface area (Å²) in [4.78, 5) is 23.6. The van der Waals surface area contributed by atoms with Gasteiger partial charge in [0.15, 0.2) is 18.1 Å². The summed E-state index contributed by atoms with van der Waals surface area (Å²) in [6.45, 7) is 3.97. The molecule has 0 saturated carbocycles. The molecule has 0 aromatic heterocycles. The summed E-state index contributed by atoms with van der Waals surface area (Å²) in [6, 6.07) is 14.5. The molecule has 0 aliphatic rings. The molecule has 0 heterocycles. The number of para-hydroxylation sites is 2. The Bertz CT molecular complexity index is 742. The fourth-order valence-corrected chi connectivity index (χ4v) is 2.13. The van der Waals surface area contributed by atoms with Crippen LogP contribution in [-0.4, -0.2) is 25.5 Å². The molecule has 0 fully saturated rings. The van der Waals surface area contributed by atoms with Gasteiger partial charge in [-0.2, -0.15) is 0 Å². The zero-order chi connectivity index (χ0) is 18.9. The summed E-state index contributed by atoms with van der Waals surface area (Å²) in [7, 11) is 1.55. The first-order valence-corrected chi connectivity index (χ1v) is 8.42. The summed E-state index contributed by atoms with van der Waals surface area (Å²) in [5.74, 6) is 0.777. The molecule has 0 aliphatic heterocycles.